The van der Waals surface area contributed by atoms with Gasteiger partial charge in [-0.05, 0) is 13.3 Å². The van der Waals surface area contributed by atoms with Crippen LogP contribution >= 0.6 is 0 Å². The van der Waals surface area contributed by atoms with E-state index in [0.717, 1.165) is 12.8 Å². The lowest BCUT2D eigenvalue weighted by molar-refractivity contribution is -0.125. The van der Waals surface area contributed by atoms with Crippen LogP contribution in [0.3, 0.4) is 0 Å². The predicted molar refractivity (Wildman–Crippen MR) is 99.0 cm³/mol. The van der Waals surface area contributed by atoms with Gasteiger partial charge in [-0.25, -0.2) is 0 Å². The highest BCUT2D eigenvalue weighted by molar-refractivity contribution is 4.68. The van der Waals surface area contributed by atoms with Crippen molar-refractivity contribution >= 4 is 0 Å². The van der Waals surface area contributed by atoms with Crippen molar-refractivity contribution in [2.45, 2.75) is 90.4 Å². The van der Waals surface area contributed by atoms with Gasteiger partial charge in [0.1, 0.15) is 6.23 Å². The van der Waals surface area contributed by atoms with E-state index >= 15 is 0 Å². The molecule has 0 aliphatic rings. The Kier molecular flexibility index (Phi) is 17.5. The van der Waals surface area contributed by atoms with Gasteiger partial charge in [0.25, 0.3) is 0 Å². The third kappa shape index (κ3) is 13.1. The molecule has 0 spiro atoms. The number of unbranched alkanes of at least 4 members (excludes halogenated alkanes) is 9. The van der Waals surface area contributed by atoms with Gasteiger partial charge in [0, 0.05) is 19.7 Å². The average molecular weight is 348 g/mol. The Labute approximate surface area is 149 Å². The van der Waals surface area contributed by atoms with Gasteiger partial charge in [-0.15, -0.1) is 0 Å². The zero-order chi connectivity index (χ0) is 18.0. The lowest BCUT2D eigenvalue weighted by atomic mass is 10.1. The summed E-state index contributed by atoms with van der Waals surface area (Å²) in [7, 11) is 0. The van der Waals surface area contributed by atoms with Gasteiger partial charge in [-0.3, -0.25) is 4.90 Å². The Morgan fingerprint density at radius 3 is 1.67 bits per heavy atom. The third-order valence-corrected chi connectivity index (χ3v) is 4.33. The Morgan fingerprint density at radius 1 is 0.792 bits per heavy atom. The summed E-state index contributed by atoms with van der Waals surface area (Å²) in [5, 5.41) is 28.1. The van der Waals surface area contributed by atoms with E-state index in [1.165, 1.54) is 51.4 Å². The highest BCUT2D eigenvalue weighted by Crippen LogP contribution is 2.12. The van der Waals surface area contributed by atoms with Crippen molar-refractivity contribution in [2.24, 2.45) is 0 Å². The van der Waals surface area contributed by atoms with E-state index in [9.17, 15) is 5.11 Å². The second-order valence-electron chi connectivity index (χ2n) is 6.67. The molecule has 0 bridgehead atoms. The van der Waals surface area contributed by atoms with E-state index in [0.29, 0.717) is 19.7 Å². The van der Waals surface area contributed by atoms with Crippen molar-refractivity contribution in [2.75, 3.05) is 32.9 Å². The van der Waals surface area contributed by atoms with Crippen molar-refractivity contribution < 1.29 is 20.1 Å². The maximum absolute atomic E-state index is 9.87. The smallest absolute Gasteiger partial charge is 0.136 e. The normalized spacial score (nSPS) is 14.2. The number of aliphatic hydroxyl groups excluding tert-OH is 3. The molecule has 0 aromatic rings. The van der Waals surface area contributed by atoms with Crippen LogP contribution in [0.5, 0.6) is 0 Å². The zero-order valence-corrected chi connectivity index (χ0v) is 16.0. The van der Waals surface area contributed by atoms with Gasteiger partial charge in [-0.1, -0.05) is 64.7 Å². The summed E-state index contributed by atoms with van der Waals surface area (Å²) in [5.41, 5.74) is 0. The number of aliphatic hydroxyl groups is 3. The molecular weight excluding hydrogens is 306 g/mol. The van der Waals surface area contributed by atoms with Crippen LogP contribution in [-0.2, 0) is 4.74 Å². The molecule has 0 saturated heterocycles. The number of nitrogens with zero attached hydrogens (tertiary/aromatic N) is 1. The van der Waals surface area contributed by atoms with E-state index in [1.54, 1.807) is 11.8 Å². The molecule has 0 saturated carbocycles. The quantitative estimate of drug-likeness (QED) is 0.263. The van der Waals surface area contributed by atoms with Crippen LogP contribution in [0.4, 0.5) is 0 Å². The summed E-state index contributed by atoms with van der Waals surface area (Å²) >= 11 is 0. The van der Waals surface area contributed by atoms with Crippen LogP contribution in [0.15, 0.2) is 0 Å². The van der Waals surface area contributed by atoms with Gasteiger partial charge in [0.05, 0.1) is 19.3 Å². The van der Waals surface area contributed by atoms with E-state index < -0.39 is 12.3 Å². The maximum atomic E-state index is 9.87. The van der Waals surface area contributed by atoms with Crippen LogP contribution in [-0.4, -0.2) is 65.5 Å². The fraction of sp³-hybridized carbons (Fsp3) is 1.00. The molecule has 146 valence electrons. The van der Waals surface area contributed by atoms with Gasteiger partial charge in [0.15, 0.2) is 0 Å². The topological polar surface area (TPSA) is 73.2 Å². The molecule has 0 amide bonds. The van der Waals surface area contributed by atoms with Crippen molar-refractivity contribution in [3.63, 3.8) is 0 Å². The van der Waals surface area contributed by atoms with Crippen molar-refractivity contribution in [3.05, 3.63) is 0 Å². The Hall–Kier alpha value is -0.200. The molecular formula is C19H41NO4. The number of rotatable bonds is 18. The van der Waals surface area contributed by atoms with Gasteiger partial charge in [-0.2, -0.15) is 0 Å². The van der Waals surface area contributed by atoms with Crippen LogP contribution in [0.1, 0.15) is 78.1 Å². The Morgan fingerprint density at radius 2 is 1.25 bits per heavy atom. The zero-order valence-electron chi connectivity index (χ0n) is 16.0. The molecule has 0 aliphatic heterocycles. The van der Waals surface area contributed by atoms with E-state index in [4.69, 9.17) is 14.9 Å². The van der Waals surface area contributed by atoms with Gasteiger partial charge in [0.2, 0.25) is 0 Å². The molecule has 2 unspecified atom stereocenters. The molecule has 2 atom stereocenters. The molecule has 3 N–H and O–H groups in total. The Balaban J connectivity index is 3.70. The highest BCUT2D eigenvalue weighted by Gasteiger charge is 2.22. The Bertz CT molecular complexity index is 246. The summed E-state index contributed by atoms with van der Waals surface area (Å²) in [6.45, 7) is 5.32. The largest absolute Gasteiger partial charge is 0.395 e. The fourth-order valence-electron chi connectivity index (χ4n) is 2.97. The van der Waals surface area contributed by atoms with Crippen molar-refractivity contribution in [3.8, 4) is 0 Å². The fourth-order valence-corrected chi connectivity index (χ4v) is 2.97. The standard InChI is InChI=1S/C19H41NO4/c1-3-4-5-6-7-8-9-10-11-12-17-24-19(18(2)23)20(13-15-21)14-16-22/h18-19,21-23H,3-17H2,1-2H3. The maximum Gasteiger partial charge on any atom is 0.136 e. The average Bonchev–Trinajstić information content (AvgIpc) is 2.55. The van der Waals surface area contributed by atoms with Gasteiger partial charge < -0.3 is 20.1 Å². The van der Waals surface area contributed by atoms with Crippen LogP contribution in [0, 0.1) is 0 Å². The monoisotopic (exact) mass is 347 g/mol. The summed E-state index contributed by atoms with van der Waals surface area (Å²) < 4.78 is 5.80. The number of hydrogen-bond donors (Lipinski definition) is 3. The summed E-state index contributed by atoms with van der Waals surface area (Å²) in [4.78, 5) is 1.79. The van der Waals surface area contributed by atoms with Crippen molar-refractivity contribution in [1.29, 1.82) is 0 Å². The first-order chi connectivity index (χ1) is 11.7. The van der Waals surface area contributed by atoms with E-state index in [-0.39, 0.29) is 13.2 Å². The molecule has 24 heavy (non-hydrogen) atoms. The van der Waals surface area contributed by atoms with E-state index in [1.807, 2.05) is 0 Å². The first kappa shape index (κ1) is 23.8. The first-order valence-corrected chi connectivity index (χ1v) is 9.92. The first-order valence-electron chi connectivity index (χ1n) is 9.92. The lowest BCUT2D eigenvalue weighted by Crippen LogP contribution is -2.47. The second kappa shape index (κ2) is 17.6. The highest BCUT2D eigenvalue weighted by atomic mass is 16.5. The minimum absolute atomic E-state index is 0.00909. The number of ether oxygens (including phenoxy) is 1. The van der Waals surface area contributed by atoms with Crippen LogP contribution in [0.2, 0.25) is 0 Å². The number of hydrogen-bond acceptors (Lipinski definition) is 5. The second-order valence-corrected chi connectivity index (χ2v) is 6.67. The van der Waals surface area contributed by atoms with E-state index in [2.05, 4.69) is 6.92 Å². The van der Waals surface area contributed by atoms with Gasteiger partial charge >= 0.3 is 0 Å². The van der Waals surface area contributed by atoms with Crippen LogP contribution in [0.25, 0.3) is 0 Å². The molecule has 0 fully saturated rings. The third-order valence-electron chi connectivity index (χ3n) is 4.33. The molecule has 5 heteroatoms. The van der Waals surface area contributed by atoms with Crippen LogP contribution < -0.4 is 0 Å². The molecule has 0 radical (unpaired) electrons. The molecule has 0 heterocycles. The molecule has 0 aromatic heterocycles. The lowest BCUT2D eigenvalue weighted by Gasteiger charge is -2.32. The predicted octanol–water partition coefficient (Wildman–Crippen LogP) is 2.92. The molecule has 5 nitrogen and oxygen atoms in total. The minimum atomic E-state index is -0.647. The summed E-state index contributed by atoms with van der Waals surface area (Å²) in [5.74, 6) is 0. The SMILES string of the molecule is CCCCCCCCCCCCOC(C(C)O)N(CCO)CCO. The molecule has 0 aromatic carbocycles. The van der Waals surface area contributed by atoms with Crippen molar-refractivity contribution in [1.82, 2.24) is 4.90 Å². The molecule has 0 rings (SSSR count). The summed E-state index contributed by atoms with van der Waals surface area (Å²) in [6.07, 6.45) is 11.7. The minimum Gasteiger partial charge on any atom is -0.395 e. The molecule has 0 aliphatic carbocycles. The summed E-state index contributed by atoms with van der Waals surface area (Å²) in [6, 6.07) is 0.